The third-order valence-corrected chi connectivity index (χ3v) is 7.30. The van der Waals surface area contributed by atoms with Crippen LogP contribution >= 0.6 is 0 Å². The van der Waals surface area contributed by atoms with Gasteiger partial charge in [0.05, 0.1) is 31.7 Å². The van der Waals surface area contributed by atoms with Crippen LogP contribution in [0.15, 0.2) is 18.5 Å². The quantitative estimate of drug-likeness (QED) is 0.373. The van der Waals surface area contributed by atoms with E-state index in [2.05, 4.69) is 21.1 Å². The van der Waals surface area contributed by atoms with Crippen molar-refractivity contribution in [3.8, 4) is 6.07 Å². The van der Waals surface area contributed by atoms with Crippen LogP contribution < -0.4 is 5.73 Å². The predicted octanol–water partition coefficient (Wildman–Crippen LogP) is 0.558. The van der Waals surface area contributed by atoms with Crippen molar-refractivity contribution in [2.24, 2.45) is 5.41 Å². The molecule has 0 saturated carbocycles. The second-order valence-corrected chi connectivity index (χ2v) is 10.9. The number of rotatable bonds is 6. The molecule has 0 unspecified atom stereocenters. The smallest absolute Gasteiger partial charge is 0.455 e. The molecule has 15 nitrogen and oxygen atoms in total. The maximum atomic E-state index is 13.0. The SMILES string of the molecule is CC1(C)CC(=O)O[C@H]2[C@@H](OC(=O)C1)[C@](C#N)(c1ccc3c(N)ncnn13)O[C@@H]2COC(=O)OCCN1CCOCC1. The lowest BCUT2D eigenvalue weighted by Crippen LogP contribution is -2.45. The van der Waals surface area contributed by atoms with Crippen LogP contribution in [0.25, 0.3) is 5.52 Å². The van der Waals surface area contributed by atoms with Crippen molar-refractivity contribution in [2.75, 3.05) is 51.8 Å². The van der Waals surface area contributed by atoms with Crippen molar-refractivity contribution in [1.82, 2.24) is 19.5 Å². The lowest BCUT2D eigenvalue weighted by molar-refractivity contribution is -0.166. The minimum Gasteiger partial charge on any atom is -0.455 e. The number of carbonyl (C=O) groups is 3. The molecule has 0 amide bonds. The number of nitriles is 1. The number of hydrogen-bond acceptors (Lipinski definition) is 14. The van der Waals surface area contributed by atoms with E-state index in [1.54, 1.807) is 19.9 Å². The Kier molecular flexibility index (Phi) is 7.98. The van der Waals surface area contributed by atoms with Crippen molar-refractivity contribution in [3.05, 3.63) is 24.2 Å². The van der Waals surface area contributed by atoms with E-state index >= 15 is 0 Å². The van der Waals surface area contributed by atoms with Crippen molar-refractivity contribution >= 4 is 29.4 Å². The second kappa shape index (κ2) is 11.5. The van der Waals surface area contributed by atoms with Gasteiger partial charge >= 0.3 is 18.1 Å². The first-order chi connectivity index (χ1) is 19.6. The minimum atomic E-state index is -2.00. The van der Waals surface area contributed by atoms with Gasteiger partial charge in [-0.1, -0.05) is 13.8 Å². The Bertz CT molecular complexity index is 1350. The number of hydrogen-bond donors (Lipinski definition) is 1. The molecule has 5 rings (SSSR count). The molecular formula is C26H32N6O9. The van der Waals surface area contributed by atoms with Crippen LogP contribution in [-0.4, -0.2) is 102 Å². The average molecular weight is 573 g/mol. The lowest BCUT2D eigenvalue weighted by atomic mass is 9.86. The molecule has 41 heavy (non-hydrogen) atoms. The van der Waals surface area contributed by atoms with Gasteiger partial charge in [0.15, 0.2) is 18.0 Å². The first kappa shape index (κ1) is 28.5. The van der Waals surface area contributed by atoms with Crippen LogP contribution in [0.5, 0.6) is 0 Å². The van der Waals surface area contributed by atoms with Crippen LogP contribution in [0, 0.1) is 16.7 Å². The summed E-state index contributed by atoms with van der Waals surface area (Å²) in [4.78, 5) is 44.5. The van der Waals surface area contributed by atoms with Crippen molar-refractivity contribution in [1.29, 1.82) is 5.26 Å². The van der Waals surface area contributed by atoms with Crippen molar-refractivity contribution in [2.45, 2.75) is 50.6 Å². The molecule has 0 bridgehead atoms. The minimum absolute atomic E-state index is 0.0835. The largest absolute Gasteiger partial charge is 0.508 e. The molecule has 3 saturated heterocycles. The summed E-state index contributed by atoms with van der Waals surface area (Å²) in [5.41, 5.74) is 3.77. The molecule has 15 heteroatoms. The molecule has 3 aliphatic rings. The standard InChI is InChI=1S/C26H32N6O9/c1-25(2)11-19(33)39-21-17(13-38-24(35)37-10-7-31-5-8-36-9-6-31)41-26(14-27,22(21)40-20(34)12-25)18-4-3-16-23(28)29-15-30-32(16)18/h3-4,15,17,21-22H,5-13H2,1-2H3,(H2,28,29,30)/t17-,21-,22-,26+/m1/s1. The Labute approximate surface area is 235 Å². The van der Waals surface area contributed by atoms with Crippen molar-refractivity contribution < 1.29 is 42.8 Å². The van der Waals surface area contributed by atoms with E-state index < -0.39 is 54.0 Å². The molecule has 2 aromatic rings. The lowest BCUT2D eigenvalue weighted by Gasteiger charge is -2.28. The van der Waals surface area contributed by atoms with Gasteiger partial charge in [-0.25, -0.2) is 14.3 Å². The number of ether oxygens (including phenoxy) is 6. The summed E-state index contributed by atoms with van der Waals surface area (Å²) in [7, 11) is 0. The van der Waals surface area contributed by atoms with E-state index in [1.807, 2.05) is 0 Å². The van der Waals surface area contributed by atoms with Crippen molar-refractivity contribution in [3.63, 3.8) is 0 Å². The first-order valence-electron chi connectivity index (χ1n) is 13.3. The molecule has 3 aliphatic heterocycles. The zero-order valence-corrected chi connectivity index (χ0v) is 22.8. The van der Waals surface area contributed by atoms with Gasteiger partial charge in [0.1, 0.15) is 37.2 Å². The highest BCUT2D eigenvalue weighted by Gasteiger charge is 2.63. The zero-order chi connectivity index (χ0) is 29.2. The molecule has 2 aromatic heterocycles. The Morgan fingerprint density at radius 1 is 1.17 bits per heavy atom. The number of esters is 2. The fourth-order valence-corrected chi connectivity index (χ4v) is 5.30. The van der Waals surface area contributed by atoms with E-state index in [9.17, 15) is 19.6 Å². The summed E-state index contributed by atoms with van der Waals surface area (Å²) in [6.07, 6.45) is -3.84. The van der Waals surface area contributed by atoms with Gasteiger partial charge in [-0.2, -0.15) is 10.4 Å². The van der Waals surface area contributed by atoms with E-state index in [-0.39, 0.29) is 31.0 Å². The molecule has 5 heterocycles. The Morgan fingerprint density at radius 2 is 1.90 bits per heavy atom. The Morgan fingerprint density at radius 3 is 2.63 bits per heavy atom. The third kappa shape index (κ3) is 5.90. The number of nitrogens with two attached hydrogens (primary N) is 1. The summed E-state index contributed by atoms with van der Waals surface area (Å²) in [6.45, 7) is 6.32. The summed E-state index contributed by atoms with van der Waals surface area (Å²) >= 11 is 0. The maximum Gasteiger partial charge on any atom is 0.508 e. The van der Waals surface area contributed by atoms with Crippen LogP contribution in [-0.2, 0) is 43.6 Å². The number of nitrogen functional groups attached to an aromatic ring is 1. The molecule has 220 valence electrons. The van der Waals surface area contributed by atoms with Gasteiger partial charge in [-0.15, -0.1) is 0 Å². The van der Waals surface area contributed by atoms with E-state index in [1.165, 1.54) is 16.9 Å². The van der Waals surface area contributed by atoms with Gasteiger partial charge in [0.2, 0.25) is 5.60 Å². The van der Waals surface area contributed by atoms with E-state index in [4.69, 9.17) is 34.2 Å². The van der Waals surface area contributed by atoms with Crippen LogP contribution in [0.1, 0.15) is 32.4 Å². The van der Waals surface area contributed by atoms with Crippen LogP contribution in [0.2, 0.25) is 0 Å². The Balaban J connectivity index is 1.40. The number of nitrogens with zero attached hydrogens (tertiary/aromatic N) is 5. The fraction of sp³-hybridized carbons (Fsp3) is 0.615. The van der Waals surface area contributed by atoms with Crippen LogP contribution in [0.4, 0.5) is 10.6 Å². The topological polar surface area (TPSA) is 190 Å². The molecule has 0 aliphatic carbocycles. The number of fused-ring (bicyclic) bond motifs is 2. The number of aromatic nitrogens is 3. The summed E-state index contributed by atoms with van der Waals surface area (Å²) in [5, 5.41) is 14.7. The number of morpholine rings is 1. The summed E-state index contributed by atoms with van der Waals surface area (Å²) < 4.78 is 34.9. The predicted molar refractivity (Wildman–Crippen MR) is 137 cm³/mol. The second-order valence-electron chi connectivity index (χ2n) is 10.9. The molecule has 3 fully saturated rings. The van der Waals surface area contributed by atoms with Gasteiger partial charge < -0.3 is 34.2 Å². The summed E-state index contributed by atoms with van der Waals surface area (Å²) in [6, 6.07) is 5.23. The average Bonchev–Trinajstić information content (AvgIpc) is 3.49. The highest BCUT2D eigenvalue weighted by atomic mass is 16.7. The highest BCUT2D eigenvalue weighted by Crippen LogP contribution is 2.45. The highest BCUT2D eigenvalue weighted by molar-refractivity contribution is 5.75. The molecule has 0 spiro atoms. The first-order valence-corrected chi connectivity index (χ1v) is 13.3. The fourth-order valence-electron chi connectivity index (χ4n) is 5.30. The molecule has 4 atom stereocenters. The zero-order valence-electron chi connectivity index (χ0n) is 22.8. The van der Waals surface area contributed by atoms with Gasteiger partial charge in [0.25, 0.3) is 0 Å². The molecule has 2 N–H and O–H groups in total. The number of anilines is 1. The normalized spacial score (nSPS) is 28.4. The monoisotopic (exact) mass is 572 g/mol. The molecular weight excluding hydrogens is 540 g/mol. The molecule has 0 radical (unpaired) electrons. The van der Waals surface area contributed by atoms with Gasteiger partial charge in [0, 0.05) is 19.6 Å². The Hall–Kier alpha value is -4.00. The van der Waals surface area contributed by atoms with Gasteiger partial charge in [-0.05, 0) is 17.5 Å². The van der Waals surface area contributed by atoms with E-state index in [0.717, 1.165) is 13.1 Å². The molecule has 0 aromatic carbocycles. The summed E-state index contributed by atoms with van der Waals surface area (Å²) in [5.74, 6) is -1.12. The van der Waals surface area contributed by atoms with E-state index in [0.29, 0.717) is 25.3 Å². The number of carbonyl (C=O) groups excluding carboxylic acids is 3. The third-order valence-electron chi connectivity index (χ3n) is 7.30. The van der Waals surface area contributed by atoms with Gasteiger partial charge in [-0.3, -0.25) is 14.5 Å². The van der Waals surface area contributed by atoms with Crippen LogP contribution in [0.3, 0.4) is 0 Å². The maximum absolute atomic E-state index is 13.0.